The van der Waals surface area contributed by atoms with E-state index in [0.717, 1.165) is 5.56 Å². The molecule has 0 aliphatic rings. The number of nitrogens with one attached hydrogen (secondary N) is 1. The summed E-state index contributed by atoms with van der Waals surface area (Å²) < 4.78 is 13.7. The summed E-state index contributed by atoms with van der Waals surface area (Å²) in [6.07, 6.45) is 0. The summed E-state index contributed by atoms with van der Waals surface area (Å²) in [4.78, 5) is 0. The SMILES string of the molecule is Cc1cccc(F)c1NC(C)c1ccc(O)cc1O. The van der Waals surface area contributed by atoms with Gasteiger partial charge in [-0.15, -0.1) is 0 Å². The number of rotatable bonds is 3. The van der Waals surface area contributed by atoms with Crippen molar-refractivity contribution >= 4 is 5.69 Å². The van der Waals surface area contributed by atoms with Gasteiger partial charge in [-0.25, -0.2) is 4.39 Å². The van der Waals surface area contributed by atoms with Crippen LogP contribution < -0.4 is 5.32 Å². The van der Waals surface area contributed by atoms with E-state index in [1.807, 2.05) is 19.9 Å². The molecule has 2 aromatic carbocycles. The van der Waals surface area contributed by atoms with Crippen molar-refractivity contribution in [3.63, 3.8) is 0 Å². The molecular formula is C15H16FNO2. The van der Waals surface area contributed by atoms with Crippen LogP contribution in [-0.2, 0) is 0 Å². The molecule has 0 aliphatic carbocycles. The van der Waals surface area contributed by atoms with Crippen LogP contribution in [0.15, 0.2) is 36.4 Å². The second-order valence-corrected chi connectivity index (χ2v) is 4.54. The molecule has 0 heterocycles. The summed E-state index contributed by atoms with van der Waals surface area (Å²) in [6, 6.07) is 8.93. The predicted molar refractivity (Wildman–Crippen MR) is 72.9 cm³/mol. The lowest BCUT2D eigenvalue weighted by Gasteiger charge is -2.19. The summed E-state index contributed by atoms with van der Waals surface area (Å²) >= 11 is 0. The molecule has 1 atom stereocenters. The number of hydrogen-bond acceptors (Lipinski definition) is 3. The third-order valence-corrected chi connectivity index (χ3v) is 3.06. The average molecular weight is 261 g/mol. The Bertz CT molecular complexity index is 578. The molecule has 0 saturated heterocycles. The van der Waals surface area contributed by atoms with Crippen LogP contribution in [0.4, 0.5) is 10.1 Å². The molecule has 2 aromatic rings. The van der Waals surface area contributed by atoms with Crippen molar-refractivity contribution in [1.29, 1.82) is 0 Å². The highest BCUT2D eigenvalue weighted by Crippen LogP contribution is 2.31. The summed E-state index contributed by atoms with van der Waals surface area (Å²) in [5, 5.41) is 22.1. The molecular weight excluding hydrogens is 245 g/mol. The molecule has 0 spiro atoms. The van der Waals surface area contributed by atoms with Crippen LogP contribution in [0.25, 0.3) is 0 Å². The lowest BCUT2D eigenvalue weighted by molar-refractivity contribution is 0.444. The van der Waals surface area contributed by atoms with Gasteiger partial charge in [-0.3, -0.25) is 0 Å². The normalized spacial score (nSPS) is 12.2. The maximum Gasteiger partial charge on any atom is 0.146 e. The van der Waals surface area contributed by atoms with Gasteiger partial charge in [0, 0.05) is 11.6 Å². The van der Waals surface area contributed by atoms with Crippen molar-refractivity contribution in [2.24, 2.45) is 0 Å². The van der Waals surface area contributed by atoms with Crippen molar-refractivity contribution in [2.45, 2.75) is 19.9 Å². The Morgan fingerprint density at radius 3 is 2.53 bits per heavy atom. The van der Waals surface area contributed by atoms with Crippen molar-refractivity contribution in [3.8, 4) is 11.5 Å². The molecule has 0 amide bonds. The second kappa shape index (κ2) is 5.18. The fraction of sp³-hybridized carbons (Fsp3) is 0.200. The van der Waals surface area contributed by atoms with E-state index in [1.165, 1.54) is 18.2 Å². The topological polar surface area (TPSA) is 52.5 Å². The molecule has 0 fully saturated rings. The van der Waals surface area contributed by atoms with E-state index in [9.17, 15) is 14.6 Å². The highest BCUT2D eigenvalue weighted by atomic mass is 19.1. The number of aryl methyl sites for hydroxylation is 1. The van der Waals surface area contributed by atoms with E-state index >= 15 is 0 Å². The van der Waals surface area contributed by atoms with Gasteiger partial charge in [0.05, 0.1) is 11.7 Å². The smallest absolute Gasteiger partial charge is 0.146 e. The van der Waals surface area contributed by atoms with Crippen LogP contribution in [0.2, 0.25) is 0 Å². The third kappa shape index (κ3) is 2.78. The van der Waals surface area contributed by atoms with Crippen LogP contribution in [0, 0.1) is 12.7 Å². The van der Waals surface area contributed by atoms with Gasteiger partial charge in [-0.1, -0.05) is 12.1 Å². The fourth-order valence-corrected chi connectivity index (χ4v) is 2.01. The van der Waals surface area contributed by atoms with E-state index < -0.39 is 0 Å². The molecule has 2 rings (SSSR count). The lowest BCUT2D eigenvalue weighted by Crippen LogP contribution is -2.09. The van der Waals surface area contributed by atoms with E-state index in [2.05, 4.69) is 5.32 Å². The first-order valence-electron chi connectivity index (χ1n) is 6.02. The Morgan fingerprint density at radius 2 is 1.89 bits per heavy atom. The Hall–Kier alpha value is -2.23. The minimum Gasteiger partial charge on any atom is -0.508 e. The van der Waals surface area contributed by atoms with E-state index in [-0.39, 0.29) is 23.4 Å². The molecule has 0 bridgehead atoms. The zero-order valence-electron chi connectivity index (χ0n) is 10.8. The molecule has 100 valence electrons. The van der Waals surface area contributed by atoms with Crippen molar-refractivity contribution in [2.75, 3.05) is 5.32 Å². The van der Waals surface area contributed by atoms with Gasteiger partial charge < -0.3 is 15.5 Å². The summed E-state index contributed by atoms with van der Waals surface area (Å²) in [7, 11) is 0. The van der Waals surface area contributed by atoms with Gasteiger partial charge in [0.25, 0.3) is 0 Å². The van der Waals surface area contributed by atoms with Gasteiger partial charge in [0.2, 0.25) is 0 Å². The monoisotopic (exact) mass is 261 g/mol. The second-order valence-electron chi connectivity index (χ2n) is 4.54. The van der Waals surface area contributed by atoms with Gasteiger partial charge in [-0.2, -0.15) is 0 Å². The van der Waals surface area contributed by atoms with Crippen molar-refractivity contribution < 1.29 is 14.6 Å². The number of para-hydroxylation sites is 1. The zero-order chi connectivity index (χ0) is 14.0. The van der Waals surface area contributed by atoms with Gasteiger partial charge in [0.1, 0.15) is 17.3 Å². The fourth-order valence-electron chi connectivity index (χ4n) is 2.01. The highest BCUT2D eigenvalue weighted by molar-refractivity contribution is 5.54. The number of halogens is 1. The lowest BCUT2D eigenvalue weighted by atomic mass is 10.1. The molecule has 0 radical (unpaired) electrons. The van der Waals surface area contributed by atoms with E-state index in [1.54, 1.807) is 12.1 Å². The molecule has 0 aromatic heterocycles. The average Bonchev–Trinajstić information content (AvgIpc) is 2.33. The molecule has 3 nitrogen and oxygen atoms in total. The number of phenolic OH excluding ortho intramolecular Hbond substituents is 2. The third-order valence-electron chi connectivity index (χ3n) is 3.06. The molecule has 0 saturated carbocycles. The Kier molecular flexibility index (Phi) is 3.60. The first-order chi connectivity index (χ1) is 8.99. The van der Waals surface area contributed by atoms with Gasteiger partial charge >= 0.3 is 0 Å². The number of benzene rings is 2. The largest absolute Gasteiger partial charge is 0.508 e. The standard InChI is InChI=1S/C15H16FNO2/c1-9-4-3-5-13(16)15(9)17-10(2)12-7-6-11(18)8-14(12)19/h3-8,10,17-19H,1-2H3. The Balaban J connectivity index is 2.28. The Labute approximate surface area is 111 Å². The zero-order valence-corrected chi connectivity index (χ0v) is 10.8. The number of phenols is 2. The molecule has 4 heteroatoms. The van der Waals surface area contributed by atoms with Crippen LogP contribution >= 0.6 is 0 Å². The summed E-state index contributed by atoms with van der Waals surface area (Å²) in [5.74, 6) is -0.352. The van der Waals surface area contributed by atoms with Crippen LogP contribution in [-0.4, -0.2) is 10.2 Å². The van der Waals surface area contributed by atoms with Crippen LogP contribution in [0.3, 0.4) is 0 Å². The van der Waals surface area contributed by atoms with Crippen molar-refractivity contribution in [1.82, 2.24) is 0 Å². The molecule has 1 unspecified atom stereocenters. The molecule has 3 N–H and O–H groups in total. The first-order valence-corrected chi connectivity index (χ1v) is 6.02. The minimum absolute atomic E-state index is 0.00415. The minimum atomic E-state index is -0.329. The maximum atomic E-state index is 13.7. The quantitative estimate of drug-likeness (QED) is 0.789. The molecule has 0 aliphatic heterocycles. The number of aromatic hydroxyl groups is 2. The molecule has 19 heavy (non-hydrogen) atoms. The Morgan fingerprint density at radius 1 is 1.16 bits per heavy atom. The predicted octanol–water partition coefficient (Wildman–Crippen LogP) is 3.72. The van der Waals surface area contributed by atoms with Crippen LogP contribution in [0.1, 0.15) is 24.1 Å². The van der Waals surface area contributed by atoms with Gasteiger partial charge in [0.15, 0.2) is 0 Å². The van der Waals surface area contributed by atoms with Crippen molar-refractivity contribution in [3.05, 3.63) is 53.3 Å². The maximum absolute atomic E-state index is 13.7. The van der Waals surface area contributed by atoms with E-state index in [0.29, 0.717) is 11.3 Å². The first kappa shape index (κ1) is 13.2. The number of hydrogen-bond donors (Lipinski definition) is 3. The summed E-state index contributed by atoms with van der Waals surface area (Å²) in [5.41, 5.74) is 1.81. The van der Waals surface area contributed by atoms with Crippen LogP contribution in [0.5, 0.6) is 11.5 Å². The summed E-state index contributed by atoms with van der Waals surface area (Å²) in [6.45, 7) is 3.63. The highest BCUT2D eigenvalue weighted by Gasteiger charge is 2.14. The van der Waals surface area contributed by atoms with E-state index in [4.69, 9.17) is 0 Å². The van der Waals surface area contributed by atoms with Gasteiger partial charge in [-0.05, 0) is 37.6 Å². The number of anilines is 1.